The van der Waals surface area contributed by atoms with Crippen LogP contribution in [0.2, 0.25) is 0 Å². The lowest BCUT2D eigenvalue weighted by atomic mass is 10.0. The molecule has 0 aliphatic carbocycles. The molecule has 1 unspecified atom stereocenters. The second-order valence-corrected chi connectivity index (χ2v) is 4.91. The molecule has 1 atom stereocenters. The first kappa shape index (κ1) is 12.2. The Bertz CT molecular complexity index is 494. The van der Waals surface area contributed by atoms with E-state index in [9.17, 15) is 5.11 Å². The van der Waals surface area contributed by atoms with E-state index in [1.807, 2.05) is 48.7 Å². The van der Waals surface area contributed by atoms with Gasteiger partial charge < -0.3 is 5.11 Å². The minimum atomic E-state index is -0.542. The zero-order valence-corrected chi connectivity index (χ0v) is 10.9. The molecule has 2 heteroatoms. The molecule has 0 heterocycles. The molecule has 0 aromatic heterocycles. The fraction of sp³-hybridized carbons (Fsp3) is 0.200. The number of benzene rings is 2. The topological polar surface area (TPSA) is 20.2 Å². The summed E-state index contributed by atoms with van der Waals surface area (Å²) in [4.78, 5) is 1.14. The van der Waals surface area contributed by atoms with Crippen molar-refractivity contribution in [3.8, 4) is 0 Å². The lowest BCUT2D eigenvalue weighted by molar-refractivity contribution is 0.217. The Morgan fingerprint density at radius 3 is 2.41 bits per heavy atom. The van der Waals surface area contributed by atoms with Gasteiger partial charge in [0.25, 0.3) is 0 Å². The third-order valence-electron chi connectivity index (χ3n) is 2.80. The molecule has 2 rings (SSSR count). The fourth-order valence-corrected chi connectivity index (χ4v) is 2.58. The molecule has 1 N–H and O–H groups in total. The summed E-state index contributed by atoms with van der Waals surface area (Å²) in [5, 5.41) is 10.4. The number of rotatable bonds is 3. The molecule has 0 saturated heterocycles. The SMILES string of the molecule is CSc1cc(C)ccc1C(O)c1ccccc1. The van der Waals surface area contributed by atoms with Crippen LogP contribution in [-0.2, 0) is 0 Å². The van der Waals surface area contributed by atoms with E-state index >= 15 is 0 Å². The highest BCUT2D eigenvalue weighted by molar-refractivity contribution is 7.98. The number of aryl methyl sites for hydroxylation is 1. The molecule has 0 aliphatic heterocycles. The predicted octanol–water partition coefficient (Wildman–Crippen LogP) is 3.80. The summed E-state index contributed by atoms with van der Waals surface area (Å²) >= 11 is 1.67. The molecular weight excluding hydrogens is 228 g/mol. The van der Waals surface area contributed by atoms with E-state index in [-0.39, 0.29) is 0 Å². The third-order valence-corrected chi connectivity index (χ3v) is 3.59. The number of hydrogen-bond acceptors (Lipinski definition) is 2. The quantitative estimate of drug-likeness (QED) is 0.829. The van der Waals surface area contributed by atoms with Gasteiger partial charge in [-0.25, -0.2) is 0 Å². The lowest BCUT2D eigenvalue weighted by Gasteiger charge is -2.15. The summed E-state index contributed by atoms with van der Waals surface area (Å²) in [6, 6.07) is 15.9. The van der Waals surface area contributed by atoms with Crippen LogP contribution in [0.5, 0.6) is 0 Å². The summed E-state index contributed by atoms with van der Waals surface area (Å²) in [6.45, 7) is 2.07. The van der Waals surface area contributed by atoms with Crippen LogP contribution in [0.1, 0.15) is 22.8 Å². The van der Waals surface area contributed by atoms with Gasteiger partial charge in [0.2, 0.25) is 0 Å². The standard InChI is InChI=1S/C15H16OS/c1-11-8-9-13(14(10-11)17-2)15(16)12-6-4-3-5-7-12/h3-10,15-16H,1-2H3. The van der Waals surface area contributed by atoms with E-state index in [0.717, 1.165) is 16.0 Å². The van der Waals surface area contributed by atoms with Crippen molar-refractivity contribution in [1.29, 1.82) is 0 Å². The van der Waals surface area contributed by atoms with Gasteiger partial charge in [0, 0.05) is 4.90 Å². The van der Waals surface area contributed by atoms with Crippen molar-refractivity contribution in [2.45, 2.75) is 17.9 Å². The second-order valence-electron chi connectivity index (χ2n) is 4.06. The first-order valence-corrected chi connectivity index (χ1v) is 6.82. The van der Waals surface area contributed by atoms with Gasteiger partial charge in [-0.2, -0.15) is 0 Å². The van der Waals surface area contributed by atoms with E-state index in [1.54, 1.807) is 11.8 Å². The van der Waals surface area contributed by atoms with Crippen molar-refractivity contribution in [1.82, 2.24) is 0 Å². The third kappa shape index (κ3) is 2.71. The Kier molecular flexibility index (Phi) is 3.87. The summed E-state index contributed by atoms with van der Waals surface area (Å²) in [6.07, 6.45) is 1.50. The van der Waals surface area contributed by atoms with E-state index in [2.05, 4.69) is 13.0 Å². The van der Waals surface area contributed by atoms with E-state index < -0.39 is 6.10 Å². The number of aliphatic hydroxyl groups excluding tert-OH is 1. The average molecular weight is 244 g/mol. The molecular formula is C15H16OS. The highest BCUT2D eigenvalue weighted by atomic mass is 32.2. The molecule has 1 nitrogen and oxygen atoms in total. The molecule has 0 amide bonds. The molecule has 88 valence electrons. The number of hydrogen-bond donors (Lipinski definition) is 1. The normalized spacial score (nSPS) is 12.4. The minimum Gasteiger partial charge on any atom is -0.384 e. The Labute approximate surface area is 107 Å². The van der Waals surface area contributed by atoms with Crippen molar-refractivity contribution < 1.29 is 5.11 Å². The van der Waals surface area contributed by atoms with Crippen LogP contribution in [0.25, 0.3) is 0 Å². The Morgan fingerprint density at radius 1 is 1.06 bits per heavy atom. The van der Waals surface area contributed by atoms with Crippen molar-refractivity contribution in [3.05, 3.63) is 65.2 Å². The maximum absolute atomic E-state index is 10.4. The molecule has 17 heavy (non-hydrogen) atoms. The van der Waals surface area contributed by atoms with Crippen molar-refractivity contribution in [2.75, 3.05) is 6.26 Å². The highest BCUT2D eigenvalue weighted by Crippen LogP contribution is 2.30. The Hall–Kier alpha value is -1.25. The molecule has 0 radical (unpaired) electrons. The smallest absolute Gasteiger partial charge is 0.105 e. The monoisotopic (exact) mass is 244 g/mol. The zero-order chi connectivity index (χ0) is 12.3. The van der Waals surface area contributed by atoms with Crippen LogP contribution in [0.4, 0.5) is 0 Å². The molecule has 2 aromatic rings. The minimum absolute atomic E-state index is 0.542. The van der Waals surface area contributed by atoms with Crippen LogP contribution < -0.4 is 0 Å². The van der Waals surface area contributed by atoms with Gasteiger partial charge in [0.1, 0.15) is 6.10 Å². The van der Waals surface area contributed by atoms with Gasteiger partial charge in [-0.1, -0.05) is 42.5 Å². The van der Waals surface area contributed by atoms with Crippen molar-refractivity contribution in [3.63, 3.8) is 0 Å². The first-order chi connectivity index (χ1) is 8.22. The molecule has 0 spiro atoms. The summed E-state index contributed by atoms with van der Waals surface area (Å²) in [5.74, 6) is 0. The lowest BCUT2D eigenvalue weighted by Crippen LogP contribution is -2.01. The molecule has 2 aromatic carbocycles. The summed E-state index contributed by atoms with van der Waals surface area (Å²) < 4.78 is 0. The summed E-state index contributed by atoms with van der Waals surface area (Å²) in [7, 11) is 0. The maximum atomic E-state index is 10.4. The summed E-state index contributed by atoms with van der Waals surface area (Å²) in [5.41, 5.74) is 3.14. The number of thioether (sulfide) groups is 1. The highest BCUT2D eigenvalue weighted by Gasteiger charge is 2.13. The van der Waals surface area contributed by atoms with E-state index in [0.29, 0.717) is 0 Å². The largest absolute Gasteiger partial charge is 0.384 e. The van der Waals surface area contributed by atoms with Crippen molar-refractivity contribution in [2.24, 2.45) is 0 Å². The van der Waals surface area contributed by atoms with Crippen LogP contribution in [0.3, 0.4) is 0 Å². The second kappa shape index (κ2) is 5.39. The average Bonchev–Trinajstić information content (AvgIpc) is 2.39. The van der Waals surface area contributed by atoms with Crippen molar-refractivity contribution >= 4 is 11.8 Å². The molecule has 0 aliphatic rings. The van der Waals surface area contributed by atoms with Gasteiger partial charge in [0.15, 0.2) is 0 Å². The van der Waals surface area contributed by atoms with Gasteiger partial charge in [-0.15, -0.1) is 11.8 Å². The van der Waals surface area contributed by atoms with Crippen LogP contribution >= 0.6 is 11.8 Å². The molecule has 0 fully saturated rings. The first-order valence-electron chi connectivity index (χ1n) is 5.60. The predicted molar refractivity (Wildman–Crippen MR) is 73.5 cm³/mol. The molecule has 0 saturated carbocycles. The maximum Gasteiger partial charge on any atom is 0.105 e. The Balaban J connectivity index is 2.40. The van der Waals surface area contributed by atoms with Gasteiger partial charge in [-0.05, 0) is 35.9 Å². The van der Waals surface area contributed by atoms with Gasteiger partial charge in [0.05, 0.1) is 0 Å². The zero-order valence-electron chi connectivity index (χ0n) is 10.1. The van der Waals surface area contributed by atoms with Crippen LogP contribution in [0.15, 0.2) is 53.4 Å². The number of aliphatic hydroxyl groups is 1. The van der Waals surface area contributed by atoms with Gasteiger partial charge in [-0.3, -0.25) is 0 Å². The Morgan fingerprint density at radius 2 is 1.76 bits per heavy atom. The van der Waals surface area contributed by atoms with Crippen LogP contribution in [-0.4, -0.2) is 11.4 Å². The van der Waals surface area contributed by atoms with Crippen LogP contribution in [0, 0.1) is 6.92 Å². The van der Waals surface area contributed by atoms with Gasteiger partial charge >= 0.3 is 0 Å². The fourth-order valence-electron chi connectivity index (χ4n) is 1.86. The molecule has 0 bridgehead atoms. The van der Waals surface area contributed by atoms with E-state index in [4.69, 9.17) is 0 Å². The van der Waals surface area contributed by atoms with E-state index in [1.165, 1.54) is 5.56 Å².